The molecule has 0 aliphatic carbocycles. The van der Waals surface area contributed by atoms with E-state index in [1.54, 1.807) is 0 Å². The van der Waals surface area contributed by atoms with Gasteiger partial charge in [0.2, 0.25) is 0 Å². The van der Waals surface area contributed by atoms with Crippen LogP contribution < -0.4 is 5.32 Å². The lowest BCUT2D eigenvalue weighted by Gasteiger charge is -2.19. The van der Waals surface area contributed by atoms with E-state index >= 15 is 0 Å². The molecule has 90 valence electrons. The van der Waals surface area contributed by atoms with Crippen LogP contribution in [0.25, 0.3) is 0 Å². The van der Waals surface area contributed by atoms with Gasteiger partial charge in [0.25, 0.3) is 0 Å². The maximum Gasteiger partial charge on any atom is 0.0648 e. The summed E-state index contributed by atoms with van der Waals surface area (Å²) >= 11 is 8.48. The standard InChI is InChI=1S/C13H19ClIN/c1-3-5-11(6-4-2)16-13-8-7-10(15)9-12(13)14/h7-9,11,16H,3-6H2,1-2H3. The molecule has 0 unspecified atom stereocenters. The van der Waals surface area contributed by atoms with Crippen molar-refractivity contribution in [3.8, 4) is 0 Å². The van der Waals surface area contributed by atoms with Gasteiger partial charge in [0.05, 0.1) is 10.7 Å². The second-order valence-corrected chi connectivity index (χ2v) is 5.70. The Labute approximate surface area is 117 Å². The second-order valence-electron chi connectivity index (χ2n) is 4.04. The quantitative estimate of drug-likeness (QED) is 0.683. The zero-order chi connectivity index (χ0) is 12.0. The molecule has 1 aromatic carbocycles. The van der Waals surface area contributed by atoms with Crippen LogP contribution in [0.1, 0.15) is 39.5 Å². The van der Waals surface area contributed by atoms with E-state index in [0.29, 0.717) is 6.04 Å². The molecule has 0 aromatic heterocycles. The third kappa shape index (κ3) is 4.50. The Morgan fingerprint density at radius 1 is 1.25 bits per heavy atom. The van der Waals surface area contributed by atoms with Crippen LogP contribution in [-0.4, -0.2) is 6.04 Å². The van der Waals surface area contributed by atoms with Crippen LogP contribution in [0.15, 0.2) is 18.2 Å². The zero-order valence-corrected chi connectivity index (χ0v) is 12.8. The van der Waals surface area contributed by atoms with Gasteiger partial charge < -0.3 is 5.32 Å². The average molecular weight is 352 g/mol. The Morgan fingerprint density at radius 2 is 1.88 bits per heavy atom. The fourth-order valence-corrected chi connectivity index (χ4v) is 2.72. The van der Waals surface area contributed by atoms with E-state index in [4.69, 9.17) is 11.6 Å². The van der Waals surface area contributed by atoms with Gasteiger partial charge in [0.15, 0.2) is 0 Å². The third-order valence-electron chi connectivity index (χ3n) is 2.57. The van der Waals surface area contributed by atoms with Gasteiger partial charge in [-0.3, -0.25) is 0 Å². The van der Waals surface area contributed by atoms with Crippen molar-refractivity contribution in [2.45, 2.75) is 45.6 Å². The van der Waals surface area contributed by atoms with Gasteiger partial charge in [-0.15, -0.1) is 0 Å². The van der Waals surface area contributed by atoms with E-state index in [1.807, 2.05) is 6.07 Å². The molecule has 1 rings (SSSR count). The van der Waals surface area contributed by atoms with Gasteiger partial charge in [-0.25, -0.2) is 0 Å². The van der Waals surface area contributed by atoms with Crippen LogP contribution in [-0.2, 0) is 0 Å². The molecule has 0 aliphatic rings. The average Bonchev–Trinajstić information content (AvgIpc) is 2.23. The minimum absolute atomic E-state index is 0.549. The summed E-state index contributed by atoms with van der Waals surface area (Å²) in [6.45, 7) is 4.44. The molecule has 1 N–H and O–H groups in total. The summed E-state index contributed by atoms with van der Waals surface area (Å²) in [5, 5.41) is 4.36. The van der Waals surface area contributed by atoms with Gasteiger partial charge in [0, 0.05) is 9.61 Å². The lowest BCUT2D eigenvalue weighted by molar-refractivity contribution is 0.586. The normalized spacial score (nSPS) is 10.8. The largest absolute Gasteiger partial charge is 0.381 e. The first-order valence-electron chi connectivity index (χ1n) is 5.89. The highest BCUT2D eigenvalue weighted by Gasteiger charge is 2.08. The van der Waals surface area contributed by atoms with Crippen LogP contribution in [0.4, 0.5) is 5.69 Å². The summed E-state index contributed by atoms with van der Waals surface area (Å²) in [7, 11) is 0. The van der Waals surface area contributed by atoms with E-state index < -0.39 is 0 Å². The number of rotatable bonds is 6. The van der Waals surface area contributed by atoms with Crippen molar-refractivity contribution in [1.29, 1.82) is 0 Å². The molecule has 1 nitrogen and oxygen atoms in total. The predicted octanol–water partition coefficient (Wildman–Crippen LogP) is 5.33. The molecule has 0 radical (unpaired) electrons. The molecule has 0 aliphatic heterocycles. The maximum atomic E-state index is 6.21. The number of hydrogen-bond donors (Lipinski definition) is 1. The Kier molecular flexibility index (Phi) is 6.51. The van der Waals surface area contributed by atoms with E-state index in [9.17, 15) is 0 Å². The van der Waals surface area contributed by atoms with Crippen molar-refractivity contribution in [1.82, 2.24) is 0 Å². The summed E-state index contributed by atoms with van der Waals surface area (Å²) in [5.41, 5.74) is 1.06. The van der Waals surface area contributed by atoms with E-state index in [-0.39, 0.29) is 0 Å². The molecule has 0 spiro atoms. The summed E-state index contributed by atoms with van der Waals surface area (Å²) < 4.78 is 1.18. The lowest BCUT2D eigenvalue weighted by atomic mass is 10.1. The highest BCUT2D eigenvalue weighted by molar-refractivity contribution is 14.1. The van der Waals surface area contributed by atoms with E-state index in [2.05, 4.69) is 53.9 Å². The molecular weight excluding hydrogens is 333 g/mol. The number of halogens is 2. The minimum atomic E-state index is 0.549. The Morgan fingerprint density at radius 3 is 2.38 bits per heavy atom. The number of hydrogen-bond acceptors (Lipinski definition) is 1. The van der Waals surface area contributed by atoms with Crippen molar-refractivity contribution in [2.24, 2.45) is 0 Å². The van der Waals surface area contributed by atoms with Crippen molar-refractivity contribution < 1.29 is 0 Å². The number of benzene rings is 1. The van der Waals surface area contributed by atoms with Crippen LogP contribution in [0.2, 0.25) is 5.02 Å². The second kappa shape index (κ2) is 7.38. The van der Waals surface area contributed by atoms with Crippen LogP contribution in [0.3, 0.4) is 0 Å². The fraction of sp³-hybridized carbons (Fsp3) is 0.538. The first kappa shape index (κ1) is 14.1. The molecule has 0 bridgehead atoms. The van der Waals surface area contributed by atoms with Crippen molar-refractivity contribution in [3.63, 3.8) is 0 Å². The molecule has 0 saturated heterocycles. The highest BCUT2D eigenvalue weighted by Crippen LogP contribution is 2.25. The SMILES string of the molecule is CCCC(CCC)Nc1ccc(I)cc1Cl. The van der Waals surface area contributed by atoms with Gasteiger partial charge in [-0.05, 0) is 53.6 Å². The van der Waals surface area contributed by atoms with Crippen molar-refractivity contribution in [2.75, 3.05) is 5.32 Å². The molecule has 3 heteroatoms. The van der Waals surface area contributed by atoms with E-state index in [0.717, 1.165) is 10.7 Å². The molecule has 0 saturated carbocycles. The monoisotopic (exact) mass is 351 g/mol. The Hall–Kier alpha value is 0.0400. The first-order valence-corrected chi connectivity index (χ1v) is 7.34. The fourth-order valence-electron chi connectivity index (χ4n) is 1.81. The van der Waals surface area contributed by atoms with E-state index in [1.165, 1.54) is 29.3 Å². The smallest absolute Gasteiger partial charge is 0.0648 e. The van der Waals surface area contributed by atoms with Crippen molar-refractivity contribution >= 4 is 39.9 Å². The number of anilines is 1. The van der Waals surface area contributed by atoms with Gasteiger partial charge in [0.1, 0.15) is 0 Å². The molecule has 16 heavy (non-hydrogen) atoms. The minimum Gasteiger partial charge on any atom is -0.381 e. The third-order valence-corrected chi connectivity index (χ3v) is 3.55. The maximum absolute atomic E-state index is 6.21. The topological polar surface area (TPSA) is 12.0 Å². The molecule has 0 fully saturated rings. The first-order chi connectivity index (χ1) is 7.67. The summed E-state index contributed by atoms with van der Waals surface area (Å²) in [5.74, 6) is 0. The molecule has 0 atom stereocenters. The zero-order valence-electron chi connectivity index (χ0n) is 9.89. The van der Waals surface area contributed by atoms with Gasteiger partial charge in [-0.2, -0.15) is 0 Å². The molecule has 0 amide bonds. The van der Waals surface area contributed by atoms with Crippen molar-refractivity contribution in [3.05, 3.63) is 26.8 Å². The van der Waals surface area contributed by atoms with Gasteiger partial charge in [-0.1, -0.05) is 38.3 Å². The number of nitrogens with one attached hydrogen (secondary N) is 1. The highest BCUT2D eigenvalue weighted by atomic mass is 127. The summed E-state index contributed by atoms with van der Waals surface area (Å²) in [6.07, 6.45) is 4.83. The summed E-state index contributed by atoms with van der Waals surface area (Å²) in [4.78, 5) is 0. The molecule has 1 aromatic rings. The van der Waals surface area contributed by atoms with Crippen LogP contribution >= 0.6 is 34.2 Å². The molecular formula is C13H19ClIN. The Balaban J connectivity index is 2.68. The molecule has 0 heterocycles. The van der Waals surface area contributed by atoms with Gasteiger partial charge >= 0.3 is 0 Å². The predicted molar refractivity (Wildman–Crippen MR) is 81.4 cm³/mol. The summed E-state index contributed by atoms with van der Waals surface area (Å²) in [6, 6.07) is 6.71. The Bertz CT molecular complexity index is 322. The lowest BCUT2D eigenvalue weighted by Crippen LogP contribution is -2.19. The van der Waals surface area contributed by atoms with Crippen LogP contribution in [0.5, 0.6) is 0 Å². The van der Waals surface area contributed by atoms with Crippen LogP contribution in [0, 0.1) is 3.57 Å².